The molecule has 0 saturated carbocycles. The Balaban J connectivity index is 1.68. The lowest BCUT2D eigenvalue weighted by Gasteiger charge is -2.31. The molecule has 114 valence electrons. The van der Waals surface area contributed by atoms with Crippen LogP contribution in [0.1, 0.15) is 12.8 Å². The molecule has 1 aliphatic heterocycles. The van der Waals surface area contributed by atoms with Crippen LogP contribution in [0.25, 0.3) is 0 Å². The third-order valence-corrected chi connectivity index (χ3v) is 3.38. The standard InChI is InChI=1S/C15H20N2O4/c18-14(16-10-15(19)20)11-17-8-6-13(7-9-17)21-12-4-2-1-3-5-12/h1-5,13H,6-11H2,(H,16,18)(H,19,20). The summed E-state index contributed by atoms with van der Waals surface area (Å²) in [4.78, 5) is 23.9. The SMILES string of the molecule is O=C(O)CNC(=O)CN1CCC(Oc2ccccc2)CC1. The number of nitrogens with zero attached hydrogens (tertiary/aromatic N) is 1. The predicted octanol–water partition coefficient (Wildman–Crippen LogP) is 0.731. The van der Waals surface area contributed by atoms with Gasteiger partial charge in [0.25, 0.3) is 0 Å². The highest BCUT2D eigenvalue weighted by Gasteiger charge is 2.22. The lowest BCUT2D eigenvalue weighted by molar-refractivity contribution is -0.138. The zero-order valence-corrected chi connectivity index (χ0v) is 11.8. The van der Waals surface area contributed by atoms with Gasteiger partial charge in [-0.05, 0) is 25.0 Å². The number of ether oxygens (including phenoxy) is 1. The minimum Gasteiger partial charge on any atom is -0.490 e. The average Bonchev–Trinajstić information content (AvgIpc) is 2.48. The summed E-state index contributed by atoms with van der Waals surface area (Å²) in [6.07, 6.45) is 1.90. The number of carbonyl (C=O) groups is 2. The summed E-state index contributed by atoms with van der Waals surface area (Å²) in [6.45, 7) is 1.47. The van der Waals surface area contributed by atoms with E-state index in [2.05, 4.69) is 5.32 Å². The third kappa shape index (κ3) is 5.43. The molecule has 1 amide bonds. The minimum absolute atomic E-state index is 0.172. The summed E-state index contributed by atoms with van der Waals surface area (Å²) in [5, 5.41) is 10.9. The molecule has 2 rings (SSSR count). The third-order valence-electron chi connectivity index (χ3n) is 3.38. The van der Waals surface area contributed by atoms with Crippen LogP contribution >= 0.6 is 0 Å². The van der Waals surface area contributed by atoms with E-state index in [-0.39, 0.29) is 25.1 Å². The Morgan fingerprint density at radius 3 is 2.52 bits per heavy atom. The predicted molar refractivity (Wildman–Crippen MR) is 77.2 cm³/mol. The van der Waals surface area contributed by atoms with Gasteiger partial charge in [-0.1, -0.05) is 18.2 Å². The highest BCUT2D eigenvalue weighted by Crippen LogP contribution is 2.18. The fraction of sp³-hybridized carbons (Fsp3) is 0.467. The molecule has 0 bridgehead atoms. The number of aliphatic carboxylic acids is 1. The van der Waals surface area contributed by atoms with Gasteiger partial charge in [0, 0.05) is 13.1 Å². The van der Waals surface area contributed by atoms with Crippen LogP contribution in [0.15, 0.2) is 30.3 Å². The largest absolute Gasteiger partial charge is 0.490 e. The molecule has 0 aliphatic carbocycles. The van der Waals surface area contributed by atoms with Crippen molar-refractivity contribution in [2.75, 3.05) is 26.2 Å². The second-order valence-corrected chi connectivity index (χ2v) is 5.08. The van der Waals surface area contributed by atoms with Crippen LogP contribution < -0.4 is 10.1 Å². The van der Waals surface area contributed by atoms with Crippen molar-refractivity contribution in [3.05, 3.63) is 30.3 Å². The number of benzene rings is 1. The molecular weight excluding hydrogens is 272 g/mol. The highest BCUT2D eigenvalue weighted by molar-refractivity contribution is 5.82. The molecular formula is C15H20N2O4. The van der Waals surface area contributed by atoms with Gasteiger partial charge < -0.3 is 15.2 Å². The van der Waals surface area contributed by atoms with Crippen molar-refractivity contribution in [3.63, 3.8) is 0 Å². The maximum absolute atomic E-state index is 11.5. The number of carboxylic acid groups (broad SMARTS) is 1. The Labute approximate surface area is 123 Å². The van der Waals surface area contributed by atoms with Crippen molar-refractivity contribution in [1.82, 2.24) is 10.2 Å². The van der Waals surface area contributed by atoms with E-state index in [1.165, 1.54) is 0 Å². The number of carboxylic acids is 1. The van der Waals surface area contributed by atoms with Gasteiger partial charge in [0.1, 0.15) is 18.4 Å². The maximum atomic E-state index is 11.5. The molecule has 1 aromatic carbocycles. The second-order valence-electron chi connectivity index (χ2n) is 5.08. The Morgan fingerprint density at radius 1 is 1.24 bits per heavy atom. The van der Waals surface area contributed by atoms with Crippen molar-refractivity contribution in [2.45, 2.75) is 18.9 Å². The van der Waals surface area contributed by atoms with E-state index in [0.29, 0.717) is 0 Å². The molecule has 0 atom stereocenters. The smallest absolute Gasteiger partial charge is 0.322 e. The Bertz CT molecular complexity index is 470. The molecule has 6 nitrogen and oxygen atoms in total. The molecule has 0 unspecified atom stereocenters. The number of likely N-dealkylation sites (tertiary alicyclic amines) is 1. The van der Waals surface area contributed by atoms with Crippen molar-refractivity contribution in [2.24, 2.45) is 0 Å². The van der Waals surface area contributed by atoms with E-state index in [0.717, 1.165) is 31.7 Å². The first-order valence-corrected chi connectivity index (χ1v) is 7.06. The normalized spacial score (nSPS) is 16.4. The van der Waals surface area contributed by atoms with Gasteiger partial charge in [0.2, 0.25) is 5.91 Å². The number of hydrogen-bond donors (Lipinski definition) is 2. The van der Waals surface area contributed by atoms with E-state index in [4.69, 9.17) is 9.84 Å². The Hall–Kier alpha value is -2.08. The van der Waals surface area contributed by atoms with Gasteiger partial charge in [0.05, 0.1) is 6.54 Å². The Morgan fingerprint density at radius 2 is 1.90 bits per heavy atom. The van der Waals surface area contributed by atoms with Gasteiger partial charge in [-0.2, -0.15) is 0 Å². The summed E-state index contributed by atoms with van der Waals surface area (Å²) in [7, 11) is 0. The number of para-hydroxylation sites is 1. The molecule has 0 radical (unpaired) electrons. The zero-order valence-electron chi connectivity index (χ0n) is 11.8. The van der Waals surface area contributed by atoms with Gasteiger partial charge >= 0.3 is 5.97 Å². The molecule has 0 aromatic heterocycles. The first kappa shape index (κ1) is 15.3. The van der Waals surface area contributed by atoms with Crippen LogP contribution in [0.2, 0.25) is 0 Å². The number of carbonyl (C=O) groups excluding carboxylic acids is 1. The van der Waals surface area contributed by atoms with Crippen molar-refractivity contribution >= 4 is 11.9 Å². The van der Waals surface area contributed by atoms with E-state index < -0.39 is 5.97 Å². The molecule has 21 heavy (non-hydrogen) atoms. The van der Waals surface area contributed by atoms with Crippen LogP contribution in [-0.4, -0.2) is 54.2 Å². The van der Waals surface area contributed by atoms with Crippen LogP contribution in [0, 0.1) is 0 Å². The number of nitrogens with one attached hydrogen (secondary N) is 1. The van der Waals surface area contributed by atoms with E-state index in [1.807, 2.05) is 35.2 Å². The number of hydrogen-bond acceptors (Lipinski definition) is 4. The van der Waals surface area contributed by atoms with E-state index in [1.54, 1.807) is 0 Å². The summed E-state index contributed by atoms with van der Waals surface area (Å²) >= 11 is 0. The monoisotopic (exact) mass is 292 g/mol. The molecule has 6 heteroatoms. The highest BCUT2D eigenvalue weighted by atomic mass is 16.5. The molecule has 1 heterocycles. The average molecular weight is 292 g/mol. The number of amides is 1. The van der Waals surface area contributed by atoms with Gasteiger partial charge in [-0.15, -0.1) is 0 Å². The second kappa shape index (κ2) is 7.64. The van der Waals surface area contributed by atoms with Crippen molar-refractivity contribution in [3.8, 4) is 5.75 Å². The topological polar surface area (TPSA) is 78.9 Å². The maximum Gasteiger partial charge on any atom is 0.322 e. The summed E-state index contributed by atoms with van der Waals surface area (Å²) in [5.74, 6) is -0.409. The molecule has 1 aliphatic rings. The lowest BCUT2D eigenvalue weighted by Crippen LogP contribution is -2.44. The van der Waals surface area contributed by atoms with Gasteiger partial charge in [-0.3, -0.25) is 14.5 Å². The van der Waals surface area contributed by atoms with Gasteiger partial charge in [-0.25, -0.2) is 0 Å². The fourth-order valence-electron chi connectivity index (χ4n) is 2.31. The lowest BCUT2D eigenvalue weighted by atomic mass is 10.1. The quantitative estimate of drug-likeness (QED) is 0.808. The van der Waals surface area contributed by atoms with Crippen LogP contribution in [-0.2, 0) is 9.59 Å². The molecule has 0 spiro atoms. The van der Waals surface area contributed by atoms with Gasteiger partial charge in [0.15, 0.2) is 0 Å². The summed E-state index contributed by atoms with van der Waals surface area (Å²) in [5.41, 5.74) is 0. The zero-order chi connectivity index (χ0) is 15.1. The van der Waals surface area contributed by atoms with Crippen LogP contribution in [0.4, 0.5) is 0 Å². The van der Waals surface area contributed by atoms with Crippen molar-refractivity contribution < 1.29 is 19.4 Å². The molecule has 1 saturated heterocycles. The summed E-state index contributed by atoms with van der Waals surface area (Å²) in [6, 6.07) is 9.71. The minimum atomic E-state index is -1.03. The number of rotatable bonds is 6. The van der Waals surface area contributed by atoms with Crippen LogP contribution in [0.3, 0.4) is 0 Å². The van der Waals surface area contributed by atoms with E-state index >= 15 is 0 Å². The van der Waals surface area contributed by atoms with E-state index in [9.17, 15) is 9.59 Å². The van der Waals surface area contributed by atoms with Crippen molar-refractivity contribution in [1.29, 1.82) is 0 Å². The summed E-state index contributed by atoms with van der Waals surface area (Å²) < 4.78 is 5.88. The first-order valence-electron chi connectivity index (χ1n) is 7.06. The molecule has 1 aromatic rings. The molecule has 2 N–H and O–H groups in total. The fourth-order valence-corrected chi connectivity index (χ4v) is 2.31. The Kier molecular flexibility index (Phi) is 5.57. The first-order chi connectivity index (χ1) is 10.1. The molecule has 1 fully saturated rings. The van der Waals surface area contributed by atoms with Crippen LogP contribution in [0.5, 0.6) is 5.75 Å². The number of piperidine rings is 1.